The minimum atomic E-state index is -2.60. The molecule has 5 heterocycles. The number of halogens is 2. The fourth-order valence-electron chi connectivity index (χ4n) is 8.80. The van der Waals surface area contributed by atoms with Crippen molar-refractivity contribution >= 4 is 51.5 Å². The van der Waals surface area contributed by atoms with E-state index in [0.29, 0.717) is 30.0 Å². The zero-order valence-corrected chi connectivity index (χ0v) is 38.1. The number of amides is 1. The van der Waals surface area contributed by atoms with E-state index < -0.39 is 6.43 Å². The standard InChI is InChI=1S/C28H34F2N4O.C21H21N5O.C2H6/c1-5-18(2)12-22(35)16-31-27-19(3)8-6-10-25(27)34-11-7-9-20-13-23(21-15-32-33(4)17-21)24(28(29)30)14-26(20)34;1-25-13-16(11-23-25)14-7-8-18-15(10-14)4-3-9-26(18)19-6-2-5-17-21(19)22-12-20(27)24-17;1-2/h6,8,10,13-15,17-18,28,31H,5,7,9,11-12,16H2,1-4H3;2,5-8,10-11,13,22H,3-4,9,12H2,1H3,(H,24,27);1-2H3. The fourth-order valence-corrected chi connectivity index (χ4v) is 8.80. The number of fused-ring (bicyclic) bond motifs is 3. The van der Waals surface area contributed by atoms with Crippen LogP contribution in [0.2, 0.25) is 0 Å². The predicted octanol–water partition coefficient (Wildman–Crippen LogP) is 11.4. The van der Waals surface area contributed by atoms with Crippen LogP contribution in [0.3, 0.4) is 0 Å². The Bertz CT molecular complexity index is 2600. The number of aryl methyl sites for hydroxylation is 5. The number of Topliss-reactive ketones (excluding diaryl/α,β-unsaturated/α-hetero) is 1. The van der Waals surface area contributed by atoms with Gasteiger partial charge in [-0.25, -0.2) is 8.78 Å². The van der Waals surface area contributed by atoms with Gasteiger partial charge in [0.05, 0.1) is 53.9 Å². The second-order valence-electron chi connectivity index (χ2n) is 16.7. The van der Waals surface area contributed by atoms with Gasteiger partial charge in [-0.1, -0.05) is 58.4 Å². The van der Waals surface area contributed by atoms with Crippen LogP contribution in [0.25, 0.3) is 22.3 Å². The fraction of sp³-hybridized carbons (Fsp3) is 0.373. The molecule has 1 atom stereocenters. The summed E-state index contributed by atoms with van der Waals surface area (Å²) in [6.45, 7) is 12.4. The maximum absolute atomic E-state index is 14.2. The SMILES string of the molecule is CC.CCC(C)CC(=O)CNc1c(C)cccc1N1CCCc2cc(-c3cnn(C)c3)c(C(F)F)cc21.Cn1cc(-c2ccc3c(c2)CCCN3c2cccc3c2NCC(=O)N3)cn1. The largest absolute Gasteiger partial charge is 0.376 e. The molecule has 0 saturated carbocycles. The quantitative estimate of drug-likeness (QED) is 0.118. The van der Waals surface area contributed by atoms with Crippen molar-refractivity contribution in [2.45, 2.75) is 79.6 Å². The Labute approximate surface area is 375 Å². The van der Waals surface area contributed by atoms with Crippen LogP contribution in [0.15, 0.2) is 91.5 Å². The number of alkyl halides is 2. The van der Waals surface area contributed by atoms with Crippen molar-refractivity contribution in [3.63, 3.8) is 0 Å². The highest BCUT2D eigenvalue weighted by atomic mass is 19.3. The number of carbonyl (C=O) groups excluding carboxylic acids is 2. The highest BCUT2D eigenvalue weighted by Crippen LogP contribution is 2.45. The topological polar surface area (TPSA) is 112 Å². The lowest BCUT2D eigenvalue weighted by Crippen LogP contribution is -2.30. The number of aromatic nitrogens is 4. The van der Waals surface area contributed by atoms with E-state index in [2.05, 4.69) is 74.1 Å². The van der Waals surface area contributed by atoms with Crippen molar-refractivity contribution < 1.29 is 18.4 Å². The monoisotopic (exact) mass is 869 g/mol. The summed E-state index contributed by atoms with van der Waals surface area (Å²) in [6, 6.07) is 22.2. The van der Waals surface area contributed by atoms with Crippen LogP contribution < -0.4 is 25.8 Å². The smallest absolute Gasteiger partial charge is 0.264 e. The summed E-state index contributed by atoms with van der Waals surface area (Å²) < 4.78 is 31.9. The molecule has 1 amide bonds. The number of carbonyl (C=O) groups is 2. The molecule has 4 aromatic carbocycles. The van der Waals surface area contributed by atoms with Gasteiger partial charge in [-0.05, 0) is 109 Å². The van der Waals surface area contributed by atoms with E-state index in [4.69, 9.17) is 0 Å². The van der Waals surface area contributed by atoms with Gasteiger partial charge < -0.3 is 25.8 Å². The van der Waals surface area contributed by atoms with E-state index in [9.17, 15) is 18.4 Å². The lowest BCUT2D eigenvalue weighted by atomic mass is 9.92. The lowest BCUT2D eigenvalue weighted by Gasteiger charge is -2.34. The highest BCUT2D eigenvalue weighted by molar-refractivity contribution is 6.04. The molecule has 11 nitrogen and oxygen atoms in total. The van der Waals surface area contributed by atoms with Gasteiger partial charge >= 0.3 is 0 Å². The first-order valence-corrected chi connectivity index (χ1v) is 22.6. The third-order valence-corrected chi connectivity index (χ3v) is 12.2. The molecule has 0 bridgehead atoms. The summed E-state index contributed by atoms with van der Waals surface area (Å²) in [5, 5.41) is 18.1. The molecule has 6 aromatic rings. The molecule has 1 unspecified atom stereocenters. The highest BCUT2D eigenvalue weighted by Gasteiger charge is 2.28. The van der Waals surface area contributed by atoms with Crippen LogP contribution >= 0.6 is 0 Å². The van der Waals surface area contributed by atoms with Gasteiger partial charge in [-0.15, -0.1) is 0 Å². The van der Waals surface area contributed by atoms with Gasteiger partial charge in [0.15, 0.2) is 5.78 Å². The number of nitrogens with one attached hydrogen (secondary N) is 3. The number of hydrogen-bond acceptors (Lipinski definition) is 8. The molecule has 0 saturated heterocycles. The van der Waals surface area contributed by atoms with E-state index in [0.717, 1.165) is 96.0 Å². The van der Waals surface area contributed by atoms with Crippen LogP contribution in [-0.2, 0) is 36.5 Å². The number of nitrogens with zero attached hydrogens (tertiary/aromatic N) is 6. The molecular formula is C51H61F2N9O2. The van der Waals surface area contributed by atoms with Gasteiger partial charge in [0.25, 0.3) is 6.43 Å². The Kier molecular flexibility index (Phi) is 14.5. The van der Waals surface area contributed by atoms with Crippen LogP contribution in [0.1, 0.15) is 82.1 Å². The van der Waals surface area contributed by atoms with Gasteiger partial charge in [-0.2, -0.15) is 10.2 Å². The van der Waals surface area contributed by atoms with E-state index in [1.54, 1.807) is 30.2 Å². The molecule has 9 rings (SSSR count). The van der Waals surface area contributed by atoms with Crippen molar-refractivity contribution in [1.82, 2.24) is 19.6 Å². The molecule has 0 radical (unpaired) electrons. The third kappa shape index (κ3) is 9.98. The molecule has 0 spiro atoms. The minimum absolute atomic E-state index is 0.000179. The summed E-state index contributed by atoms with van der Waals surface area (Å²) in [4.78, 5) is 28.7. The number of benzene rings is 4. The number of rotatable bonds is 11. The third-order valence-electron chi connectivity index (χ3n) is 12.2. The maximum atomic E-state index is 14.2. The zero-order chi connectivity index (χ0) is 45.5. The number of ketones is 1. The van der Waals surface area contributed by atoms with Crippen LogP contribution in [0.5, 0.6) is 0 Å². The van der Waals surface area contributed by atoms with E-state index in [1.165, 1.54) is 16.8 Å². The molecule has 336 valence electrons. The Morgan fingerprint density at radius 2 is 1.47 bits per heavy atom. The first-order chi connectivity index (χ1) is 31.0. The molecule has 3 aliphatic heterocycles. The summed E-state index contributed by atoms with van der Waals surface area (Å²) in [7, 11) is 3.72. The first-order valence-electron chi connectivity index (χ1n) is 22.6. The number of hydrogen-bond donors (Lipinski definition) is 3. The second-order valence-corrected chi connectivity index (χ2v) is 16.7. The van der Waals surface area contributed by atoms with Crippen molar-refractivity contribution in [3.05, 3.63) is 114 Å². The predicted molar refractivity (Wildman–Crippen MR) is 257 cm³/mol. The normalized spacial score (nSPS) is 14.4. The summed E-state index contributed by atoms with van der Waals surface area (Å²) in [5.74, 6) is 0.532. The molecule has 0 aliphatic carbocycles. The Hall–Kier alpha value is -6.50. The van der Waals surface area contributed by atoms with Gasteiger partial charge in [-0.3, -0.25) is 19.0 Å². The van der Waals surface area contributed by atoms with Crippen molar-refractivity contribution in [1.29, 1.82) is 0 Å². The second kappa shape index (κ2) is 20.3. The van der Waals surface area contributed by atoms with Crippen LogP contribution in [0, 0.1) is 12.8 Å². The number of anilines is 7. The van der Waals surface area contributed by atoms with Gasteiger partial charge in [0.2, 0.25) is 5.91 Å². The van der Waals surface area contributed by atoms with E-state index in [-0.39, 0.29) is 23.8 Å². The molecule has 0 fully saturated rings. The Morgan fingerprint density at radius 3 is 2.14 bits per heavy atom. The lowest BCUT2D eigenvalue weighted by molar-refractivity contribution is -0.118. The average Bonchev–Trinajstić information content (AvgIpc) is 3.95. The van der Waals surface area contributed by atoms with E-state index >= 15 is 0 Å². The summed E-state index contributed by atoms with van der Waals surface area (Å²) in [6.07, 6.45) is 10.2. The van der Waals surface area contributed by atoms with Gasteiger partial charge in [0.1, 0.15) is 0 Å². The molecule has 64 heavy (non-hydrogen) atoms. The molecular weight excluding hydrogens is 809 g/mol. The molecule has 3 aliphatic rings. The Balaban J connectivity index is 0.000000189. The summed E-state index contributed by atoms with van der Waals surface area (Å²) >= 11 is 0. The molecule has 2 aromatic heterocycles. The van der Waals surface area contributed by atoms with Gasteiger partial charge in [0, 0.05) is 74.1 Å². The minimum Gasteiger partial charge on any atom is -0.376 e. The summed E-state index contributed by atoms with van der Waals surface area (Å²) in [5.41, 5.74) is 13.8. The van der Waals surface area contributed by atoms with Crippen molar-refractivity contribution in [3.8, 4) is 22.3 Å². The average molecular weight is 870 g/mol. The molecule has 3 N–H and O–H groups in total. The number of para-hydroxylation sites is 2. The first kappa shape index (κ1) is 45.5. The van der Waals surface area contributed by atoms with Crippen LogP contribution in [0.4, 0.5) is 48.6 Å². The maximum Gasteiger partial charge on any atom is 0.264 e. The zero-order valence-electron chi connectivity index (χ0n) is 38.1. The van der Waals surface area contributed by atoms with Crippen molar-refractivity contribution in [2.75, 3.05) is 51.9 Å². The van der Waals surface area contributed by atoms with Crippen LogP contribution in [-0.4, -0.2) is 57.4 Å². The van der Waals surface area contributed by atoms with E-state index in [1.807, 2.05) is 81.3 Å². The van der Waals surface area contributed by atoms with Crippen molar-refractivity contribution in [2.24, 2.45) is 20.0 Å². The Morgan fingerprint density at radius 1 is 0.812 bits per heavy atom. The molecule has 13 heteroatoms.